The second-order valence-corrected chi connectivity index (χ2v) is 10.7. The van der Waals surface area contributed by atoms with Crippen molar-refractivity contribution in [3.8, 4) is 0 Å². The standard InChI is InChI=1S/C21H19F6N3O3S/c1-19(2,34(32,33)14-5-3-4-12(10-14)20(22,23)24)8-9-28-18(31)17-29-15-7-6-13(21(25,26)27)11-16(15)30-17/h3-7,10-11H,8-9H2,1-2H3,(H,28,31)(H,29,30). The summed E-state index contributed by atoms with van der Waals surface area (Å²) in [5.74, 6) is -1.05. The average molecular weight is 507 g/mol. The summed E-state index contributed by atoms with van der Waals surface area (Å²) in [7, 11) is -4.20. The van der Waals surface area contributed by atoms with Crippen LogP contribution in [0.4, 0.5) is 26.3 Å². The van der Waals surface area contributed by atoms with E-state index in [0.29, 0.717) is 6.07 Å². The molecule has 34 heavy (non-hydrogen) atoms. The number of alkyl halides is 6. The van der Waals surface area contributed by atoms with Gasteiger partial charge in [0.25, 0.3) is 5.91 Å². The van der Waals surface area contributed by atoms with Gasteiger partial charge in [-0.3, -0.25) is 4.79 Å². The molecule has 0 aliphatic rings. The van der Waals surface area contributed by atoms with Crippen molar-refractivity contribution in [3.63, 3.8) is 0 Å². The zero-order valence-corrected chi connectivity index (χ0v) is 18.6. The van der Waals surface area contributed by atoms with Crippen LogP contribution in [0.5, 0.6) is 0 Å². The van der Waals surface area contributed by atoms with Gasteiger partial charge in [0, 0.05) is 6.54 Å². The van der Waals surface area contributed by atoms with Gasteiger partial charge in [-0.1, -0.05) is 6.07 Å². The van der Waals surface area contributed by atoms with Crippen LogP contribution in [0, 0.1) is 0 Å². The molecule has 0 bridgehead atoms. The molecule has 1 aromatic heterocycles. The Morgan fingerprint density at radius 3 is 2.21 bits per heavy atom. The van der Waals surface area contributed by atoms with E-state index in [1.165, 1.54) is 13.8 Å². The predicted molar refractivity (Wildman–Crippen MR) is 111 cm³/mol. The van der Waals surface area contributed by atoms with E-state index in [-0.39, 0.29) is 29.8 Å². The molecule has 2 N–H and O–H groups in total. The second kappa shape index (κ2) is 8.60. The van der Waals surface area contributed by atoms with Gasteiger partial charge in [0.05, 0.1) is 31.8 Å². The van der Waals surface area contributed by atoms with Crippen molar-refractivity contribution in [1.82, 2.24) is 15.3 Å². The summed E-state index contributed by atoms with van der Waals surface area (Å²) in [6.45, 7) is 2.44. The monoisotopic (exact) mass is 507 g/mol. The largest absolute Gasteiger partial charge is 0.416 e. The number of sulfone groups is 1. The van der Waals surface area contributed by atoms with E-state index in [1.807, 2.05) is 0 Å². The number of nitrogens with zero attached hydrogens (tertiary/aromatic N) is 1. The Morgan fingerprint density at radius 2 is 1.59 bits per heavy atom. The van der Waals surface area contributed by atoms with Crippen molar-refractivity contribution in [2.75, 3.05) is 6.54 Å². The van der Waals surface area contributed by atoms with Gasteiger partial charge in [-0.2, -0.15) is 26.3 Å². The minimum Gasteiger partial charge on any atom is -0.349 e. The van der Waals surface area contributed by atoms with E-state index in [4.69, 9.17) is 0 Å². The maximum Gasteiger partial charge on any atom is 0.416 e. The smallest absolute Gasteiger partial charge is 0.349 e. The van der Waals surface area contributed by atoms with E-state index in [9.17, 15) is 39.6 Å². The summed E-state index contributed by atoms with van der Waals surface area (Å²) in [6.07, 6.45) is -9.44. The first kappa shape index (κ1) is 25.5. The molecule has 13 heteroatoms. The van der Waals surface area contributed by atoms with Crippen molar-refractivity contribution in [1.29, 1.82) is 0 Å². The average Bonchev–Trinajstić information content (AvgIpc) is 3.16. The highest BCUT2D eigenvalue weighted by Crippen LogP contribution is 2.34. The molecule has 0 aliphatic carbocycles. The van der Waals surface area contributed by atoms with Crippen molar-refractivity contribution >= 4 is 26.8 Å². The van der Waals surface area contributed by atoms with Crippen LogP contribution < -0.4 is 5.32 Å². The highest BCUT2D eigenvalue weighted by molar-refractivity contribution is 7.92. The molecule has 0 saturated heterocycles. The molecule has 1 heterocycles. The number of imidazole rings is 1. The summed E-state index contributed by atoms with van der Waals surface area (Å²) >= 11 is 0. The zero-order chi connectivity index (χ0) is 25.5. The lowest BCUT2D eigenvalue weighted by Gasteiger charge is -2.25. The SMILES string of the molecule is CC(C)(CCNC(=O)c1nc2ccc(C(F)(F)F)cc2[nH]1)S(=O)(=O)c1cccc(C(F)(F)F)c1. The number of hydrogen-bond acceptors (Lipinski definition) is 4. The number of hydrogen-bond donors (Lipinski definition) is 2. The van der Waals surface area contributed by atoms with Crippen LogP contribution in [0.1, 0.15) is 42.0 Å². The van der Waals surface area contributed by atoms with Gasteiger partial charge in [-0.05, 0) is 56.7 Å². The number of amides is 1. The first-order valence-electron chi connectivity index (χ1n) is 9.79. The third kappa shape index (κ3) is 5.18. The quantitative estimate of drug-likeness (QED) is 0.461. The van der Waals surface area contributed by atoms with Crippen molar-refractivity contribution < 1.29 is 39.6 Å². The van der Waals surface area contributed by atoms with Crippen molar-refractivity contribution in [2.24, 2.45) is 0 Å². The number of aromatic amines is 1. The van der Waals surface area contributed by atoms with Crippen molar-refractivity contribution in [2.45, 2.75) is 42.3 Å². The predicted octanol–water partition coefficient (Wildman–Crippen LogP) is 4.97. The molecule has 0 atom stereocenters. The van der Waals surface area contributed by atoms with Gasteiger partial charge >= 0.3 is 12.4 Å². The number of aromatic nitrogens is 2. The van der Waals surface area contributed by atoms with Crippen LogP contribution in [0.2, 0.25) is 0 Å². The Morgan fingerprint density at radius 1 is 0.971 bits per heavy atom. The maximum atomic E-state index is 13.0. The molecule has 6 nitrogen and oxygen atoms in total. The van der Waals surface area contributed by atoms with Gasteiger partial charge in [-0.15, -0.1) is 0 Å². The third-order valence-corrected chi connectivity index (χ3v) is 7.77. The van der Waals surface area contributed by atoms with E-state index >= 15 is 0 Å². The Balaban J connectivity index is 1.71. The number of fused-ring (bicyclic) bond motifs is 1. The number of benzene rings is 2. The molecule has 0 aliphatic heterocycles. The molecule has 0 radical (unpaired) electrons. The van der Waals surface area contributed by atoms with E-state index in [2.05, 4.69) is 15.3 Å². The fourth-order valence-corrected chi connectivity index (χ4v) is 4.70. The molecule has 1 amide bonds. The fraction of sp³-hybridized carbons (Fsp3) is 0.333. The molecule has 0 unspecified atom stereocenters. The zero-order valence-electron chi connectivity index (χ0n) is 17.8. The van der Waals surface area contributed by atoms with Gasteiger partial charge in [0.15, 0.2) is 15.7 Å². The minimum atomic E-state index is -4.71. The molecular weight excluding hydrogens is 488 g/mol. The number of rotatable bonds is 6. The summed E-state index contributed by atoms with van der Waals surface area (Å²) in [5.41, 5.74) is -1.90. The summed E-state index contributed by atoms with van der Waals surface area (Å²) in [5, 5.41) is 2.42. The lowest BCUT2D eigenvalue weighted by Crippen LogP contribution is -2.37. The molecule has 0 spiro atoms. The van der Waals surface area contributed by atoms with Crippen molar-refractivity contribution in [3.05, 3.63) is 59.4 Å². The highest BCUT2D eigenvalue weighted by Gasteiger charge is 2.38. The fourth-order valence-electron chi connectivity index (χ4n) is 3.15. The van der Waals surface area contributed by atoms with Crippen LogP contribution in [-0.2, 0) is 22.2 Å². The Kier molecular flexibility index (Phi) is 6.46. The first-order valence-corrected chi connectivity index (χ1v) is 11.3. The maximum absolute atomic E-state index is 13.0. The number of H-pyrrole nitrogens is 1. The Labute approximate surface area is 190 Å². The van der Waals surface area contributed by atoms with Crippen LogP contribution in [0.3, 0.4) is 0 Å². The number of carbonyl (C=O) groups is 1. The lowest BCUT2D eigenvalue weighted by atomic mass is 10.1. The molecular formula is C21H19F6N3O3S. The van der Waals surface area contributed by atoms with E-state index < -0.39 is 48.9 Å². The first-order chi connectivity index (χ1) is 15.5. The molecule has 3 aromatic rings. The number of nitrogens with one attached hydrogen (secondary N) is 2. The van der Waals surface area contributed by atoms with Gasteiger partial charge < -0.3 is 10.3 Å². The normalized spacial score (nSPS) is 13.3. The third-order valence-electron chi connectivity index (χ3n) is 5.24. The Bertz CT molecular complexity index is 1330. The number of halogens is 6. The molecule has 0 saturated carbocycles. The van der Waals surface area contributed by atoms with Gasteiger partial charge in [0.2, 0.25) is 0 Å². The van der Waals surface area contributed by atoms with Gasteiger partial charge in [-0.25, -0.2) is 13.4 Å². The summed E-state index contributed by atoms with van der Waals surface area (Å²) < 4.78 is 102. The van der Waals surface area contributed by atoms with Gasteiger partial charge in [0.1, 0.15) is 0 Å². The molecule has 2 aromatic carbocycles. The van der Waals surface area contributed by atoms with Crippen LogP contribution in [-0.4, -0.2) is 35.6 Å². The van der Waals surface area contributed by atoms with Crippen LogP contribution in [0.15, 0.2) is 47.4 Å². The topological polar surface area (TPSA) is 91.9 Å². The van der Waals surface area contributed by atoms with Crippen LogP contribution >= 0.6 is 0 Å². The second-order valence-electron chi connectivity index (χ2n) is 8.11. The molecule has 184 valence electrons. The van der Waals surface area contributed by atoms with E-state index in [0.717, 1.165) is 36.4 Å². The van der Waals surface area contributed by atoms with E-state index in [1.54, 1.807) is 0 Å². The molecule has 3 rings (SSSR count). The highest BCUT2D eigenvalue weighted by atomic mass is 32.2. The summed E-state index contributed by atoms with van der Waals surface area (Å²) in [6, 6.07) is 6.12. The summed E-state index contributed by atoms with van der Waals surface area (Å²) in [4.78, 5) is 18.3. The minimum absolute atomic E-state index is 0.00701. The Hall–Kier alpha value is -3.09. The lowest BCUT2D eigenvalue weighted by molar-refractivity contribution is -0.138. The molecule has 0 fully saturated rings. The van der Waals surface area contributed by atoms with Crippen LogP contribution in [0.25, 0.3) is 11.0 Å². The number of carbonyl (C=O) groups excluding carboxylic acids is 1.